The molecule has 0 amide bonds. The third kappa shape index (κ3) is 3.91. The Morgan fingerprint density at radius 3 is 1.88 bits per heavy atom. The van der Waals surface area contributed by atoms with Crippen LogP contribution in [-0.2, 0) is 11.1 Å². The number of benzene rings is 1. The molecule has 2 rings (SSSR count). The third-order valence-corrected chi connectivity index (χ3v) is 6.36. The van der Waals surface area contributed by atoms with Crippen LogP contribution in [0.1, 0.15) is 11.1 Å². The summed E-state index contributed by atoms with van der Waals surface area (Å²) in [4.78, 5) is -2.59. The minimum atomic E-state index is -5.06. The van der Waals surface area contributed by atoms with Crippen LogP contribution in [0.2, 0.25) is 15.1 Å². The average Bonchev–Trinajstić information content (AvgIpc) is 2.47. The molecule has 0 fully saturated rings. The molecule has 0 heterocycles. The summed E-state index contributed by atoms with van der Waals surface area (Å²) >= 11 is 35.1. The molecule has 0 spiro atoms. The lowest BCUT2D eigenvalue weighted by Gasteiger charge is -2.36. The Bertz CT molecular complexity index is 810. The maximum absolute atomic E-state index is 13.5. The summed E-state index contributed by atoms with van der Waals surface area (Å²) in [7, 11) is 0. The van der Waals surface area contributed by atoms with Crippen molar-refractivity contribution in [2.75, 3.05) is 0 Å². The Hall–Kier alpha value is 0.0200. The van der Waals surface area contributed by atoms with Crippen LogP contribution in [0.15, 0.2) is 28.8 Å². The molecule has 26 heavy (non-hydrogen) atoms. The van der Waals surface area contributed by atoms with Crippen molar-refractivity contribution in [2.45, 2.75) is 22.6 Å². The van der Waals surface area contributed by atoms with E-state index in [-0.39, 0.29) is 0 Å². The van der Waals surface area contributed by atoms with E-state index in [0.717, 1.165) is 0 Å². The third-order valence-electron chi connectivity index (χ3n) is 3.45. The van der Waals surface area contributed by atoms with E-state index in [9.17, 15) is 26.3 Å². The van der Waals surface area contributed by atoms with Crippen molar-refractivity contribution in [3.63, 3.8) is 0 Å². The van der Waals surface area contributed by atoms with E-state index in [4.69, 9.17) is 69.6 Å². The molecule has 0 aliphatic heterocycles. The van der Waals surface area contributed by atoms with Crippen LogP contribution in [0, 0.1) is 0 Å². The molecule has 0 saturated heterocycles. The van der Waals surface area contributed by atoms with Crippen molar-refractivity contribution in [3.8, 4) is 0 Å². The van der Waals surface area contributed by atoms with Gasteiger partial charge in [-0.1, -0.05) is 46.4 Å². The van der Waals surface area contributed by atoms with Gasteiger partial charge >= 0.3 is 12.4 Å². The Kier molecular flexibility index (Phi) is 6.11. The first-order valence-electron chi connectivity index (χ1n) is 6.36. The number of halogens is 12. The standard InChI is InChI=1S/C14H4Cl6F6/c15-6-2-5(14(24,25)26)8(10(18)9(6)17)12(20)3-4(13(21,22)23)1-7(16)11(12)19/h1-3,11H. The maximum atomic E-state index is 13.5. The second-order valence-corrected chi connectivity index (χ2v) is 7.83. The van der Waals surface area contributed by atoms with Gasteiger partial charge in [-0.15, -0.1) is 23.2 Å². The van der Waals surface area contributed by atoms with Gasteiger partial charge in [0.25, 0.3) is 0 Å². The summed E-state index contributed by atoms with van der Waals surface area (Å²) in [5, 5.41) is -4.17. The van der Waals surface area contributed by atoms with E-state index in [1.54, 1.807) is 0 Å². The Morgan fingerprint density at radius 2 is 1.42 bits per heavy atom. The van der Waals surface area contributed by atoms with Gasteiger partial charge in [0.2, 0.25) is 0 Å². The quantitative estimate of drug-likeness (QED) is 0.207. The molecule has 1 aliphatic rings. The zero-order valence-corrected chi connectivity index (χ0v) is 16.4. The predicted octanol–water partition coefficient (Wildman–Crippen LogP) is 8.33. The molecule has 12 heteroatoms. The molecular weight excluding hydrogens is 495 g/mol. The van der Waals surface area contributed by atoms with Crippen LogP contribution in [0.3, 0.4) is 0 Å². The molecule has 1 aromatic rings. The highest BCUT2D eigenvalue weighted by molar-refractivity contribution is 6.49. The monoisotopic (exact) mass is 496 g/mol. The lowest BCUT2D eigenvalue weighted by Crippen LogP contribution is -2.36. The highest BCUT2D eigenvalue weighted by atomic mass is 35.5. The largest absolute Gasteiger partial charge is 0.416 e. The van der Waals surface area contributed by atoms with E-state index in [2.05, 4.69) is 0 Å². The van der Waals surface area contributed by atoms with E-state index in [1.165, 1.54) is 0 Å². The van der Waals surface area contributed by atoms with Crippen LogP contribution in [0.5, 0.6) is 0 Å². The van der Waals surface area contributed by atoms with Gasteiger partial charge in [0.05, 0.1) is 31.6 Å². The molecule has 0 aromatic heterocycles. The first-order chi connectivity index (χ1) is 11.6. The summed E-state index contributed by atoms with van der Waals surface area (Å²) < 4.78 is 79.7. The van der Waals surface area contributed by atoms with Gasteiger partial charge in [0.15, 0.2) is 0 Å². The van der Waals surface area contributed by atoms with Gasteiger partial charge in [-0.3, -0.25) is 0 Å². The first kappa shape index (κ1) is 22.3. The molecule has 0 bridgehead atoms. The minimum Gasteiger partial charge on any atom is -0.166 e. The first-order valence-corrected chi connectivity index (χ1v) is 8.68. The molecule has 144 valence electrons. The lowest BCUT2D eigenvalue weighted by atomic mass is 9.84. The smallest absolute Gasteiger partial charge is 0.166 e. The average molecular weight is 499 g/mol. The molecule has 2 unspecified atom stereocenters. The fourth-order valence-corrected chi connectivity index (χ4v) is 4.14. The molecule has 0 radical (unpaired) electrons. The van der Waals surface area contributed by atoms with Crippen molar-refractivity contribution >= 4 is 69.6 Å². The molecule has 1 aliphatic carbocycles. The second-order valence-electron chi connectivity index (χ2n) is 5.16. The summed E-state index contributed by atoms with van der Waals surface area (Å²) in [6, 6.07) is 0.409. The fourth-order valence-electron chi connectivity index (χ4n) is 2.32. The zero-order chi connectivity index (χ0) is 20.2. The second kappa shape index (κ2) is 7.12. The topological polar surface area (TPSA) is 0 Å². The maximum Gasteiger partial charge on any atom is 0.416 e. The van der Waals surface area contributed by atoms with Crippen LogP contribution in [0.4, 0.5) is 26.3 Å². The van der Waals surface area contributed by atoms with Crippen LogP contribution >= 0.6 is 69.6 Å². The Morgan fingerprint density at radius 1 is 0.885 bits per heavy atom. The van der Waals surface area contributed by atoms with Crippen LogP contribution < -0.4 is 0 Å². The molecule has 2 atom stereocenters. The van der Waals surface area contributed by atoms with Gasteiger partial charge in [0, 0.05) is 10.6 Å². The van der Waals surface area contributed by atoms with Crippen molar-refractivity contribution in [3.05, 3.63) is 55.0 Å². The summed E-state index contributed by atoms with van der Waals surface area (Å²) in [6.45, 7) is 0. The fraction of sp³-hybridized carbons (Fsp3) is 0.286. The van der Waals surface area contributed by atoms with Crippen LogP contribution in [0.25, 0.3) is 0 Å². The van der Waals surface area contributed by atoms with E-state index in [1.807, 2.05) is 0 Å². The summed E-state index contributed by atoms with van der Waals surface area (Å²) in [5.41, 5.74) is -3.85. The zero-order valence-electron chi connectivity index (χ0n) is 11.8. The van der Waals surface area contributed by atoms with Crippen molar-refractivity contribution in [2.24, 2.45) is 0 Å². The molecule has 0 N–H and O–H groups in total. The van der Waals surface area contributed by atoms with Crippen molar-refractivity contribution in [1.29, 1.82) is 0 Å². The van der Waals surface area contributed by atoms with E-state index < -0.39 is 59.4 Å². The van der Waals surface area contributed by atoms with E-state index in [0.29, 0.717) is 18.2 Å². The number of alkyl halides is 8. The number of rotatable bonds is 1. The van der Waals surface area contributed by atoms with E-state index >= 15 is 0 Å². The van der Waals surface area contributed by atoms with Gasteiger partial charge in [-0.2, -0.15) is 26.3 Å². The van der Waals surface area contributed by atoms with Crippen molar-refractivity contribution in [1.82, 2.24) is 0 Å². The van der Waals surface area contributed by atoms with Gasteiger partial charge in [-0.05, 0) is 18.2 Å². The normalized spacial score (nSPS) is 24.4. The highest BCUT2D eigenvalue weighted by Gasteiger charge is 2.51. The Labute approximate surface area is 173 Å². The lowest BCUT2D eigenvalue weighted by molar-refractivity contribution is -0.138. The molecule has 0 saturated carbocycles. The van der Waals surface area contributed by atoms with Crippen molar-refractivity contribution < 1.29 is 26.3 Å². The molecule has 1 aromatic carbocycles. The van der Waals surface area contributed by atoms with Gasteiger partial charge in [-0.25, -0.2) is 0 Å². The minimum absolute atomic E-state index is 0.318. The van der Waals surface area contributed by atoms with Gasteiger partial charge < -0.3 is 0 Å². The predicted molar refractivity (Wildman–Crippen MR) is 91.7 cm³/mol. The van der Waals surface area contributed by atoms with Gasteiger partial charge in [0.1, 0.15) is 4.87 Å². The number of hydrogen-bond donors (Lipinski definition) is 0. The summed E-state index contributed by atoms with van der Waals surface area (Å²) in [6.07, 6.45) is -9.22. The number of hydrogen-bond acceptors (Lipinski definition) is 0. The number of allylic oxidation sites excluding steroid dienone is 4. The van der Waals surface area contributed by atoms with Crippen LogP contribution in [-0.4, -0.2) is 11.6 Å². The Balaban J connectivity index is 2.91. The summed E-state index contributed by atoms with van der Waals surface area (Å²) in [5.74, 6) is 0. The molecular formula is C14H4Cl6F6. The highest BCUT2D eigenvalue weighted by Crippen LogP contribution is 2.55. The SMILES string of the molecule is FC(F)(F)C1=CC(Cl)(c2c(C(F)(F)F)cc(Cl)c(Cl)c2Cl)C(Cl)C(Cl)=C1. The molecule has 0 nitrogen and oxygen atoms in total.